The van der Waals surface area contributed by atoms with Gasteiger partial charge in [0.2, 0.25) is 0 Å². The van der Waals surface area contributed by atoms with Crippen molar-refractivity contribution in [1.82, 2.24) is 10.6 Å². The zero-order valence-corrected chi connectivity index (χ0v) is 13.4. The SMILES string of the molecule is COc1ccc(CCNC(=O)NCC2CCOC(C)C2)cc1. The van der Waals surface area contributed by atoms with E-state index in [1.54, 1.807) is 7.11 Å². The van der Waals surface area contributed by atoms with E-state index in [9.17, 15) is 4.79 Å². The van der Waals surface area contributed by atoms with Crippen LogP contribution in [-0.4, -0.2) is 38.9 Å². The van der Waals surface area contributed by atoms with E-state index in [2.05, 4.69) is 17.6 Å². The fraction of sp³-hybridized carbons (Fsp3) is 0.588. The number of rotatable bonds is 6. The van der Waals surface area contributed by atoms with Crippen LogP contribution in [0.5, 0.6) is 5.75 Å². The van der Waals surface area contributed by atoms with E-state index in [0.717, 1.165) is 38.2 Å². The predicted octanol–water partition coefficient (Wildman–Crippen LogP) is 2.35. The Balaban J connectivity index is 1.60. The van der Waals surface area contributed by atoms with Crippen LogP contribution in [0.2, 0.25) is 0 Å². The predicted molar refractivity (Wildman–Crippen MR) is 86.2 cm³/mol. The molecule has 22 heavy (non-hydrogen) atoms. The quantitative estimate of drug-likeness (QED) is 0.848. The molecule has 0 saturated carbocycles. The highest BCUT2D eigenvalue weighted by molar-refractivity contribution is 5.73. The third-order valence-corrected chi connectivity index (χ3v) is 4.00. The molecule has 2 rings (SSSR count). The topological polar surface area (TPSA) is 59.6 Å². The Hall–Kier alpha value is -1.75. The Kier molecular flexibility index (Phi) is 6.52. The largest absolute Gasteiger partial charge is 0.497 e. The number of carbonyl (C=O) groups excluding carboxylic acids is 1. The van der Waals surface area contributed by atoms with E-state index < -0.39 is 0 Å². The molecule has 1 aromatic carbocycles. The van der Waals surface area contributed by atoms with E-state index in [0.29, 0.717) is 18.6 Å². The van der Waals surface area contributed by atoms with Gasteiger partial charge in [0.15, 0.2) is 0 Å². The van der Waals surface area contributed by atoms with Gasteiger partial charge in [-0.2, -0.15) is 0 Å². The molecule has 1 aliphatic heterocycles. The van der Waals surface area contributed by atoms with Crippen molar-refractivity contribution < 1.29 is 14.3 Å². The van der Waals surface area contributed by atoms with E-state index in [1.165, 1.54) is 5.56 Å². The molecule has 5 heteroatoms. The molecule has 0 aromatic heterocycles. The zero-order valence-electron chi connectivity index (χ0n) is 13.4. The molecular formula is C17H26N2O3. The summed E-state index contributed by atoms with van der Waals surface area (Å²) < 4.78 is 10.6. The Morgan fingerprint density at radius 3 is 2.77 bits per heavy atom. The van der Waals surface area contributed by atoms with Crippen LogP contribution in [0.15, 0.2) is 24.3 Å². The third-order valence-electron chi connectivity index (χ3n) is 4.00. The van der Waals surface area contributed by atoms with E-state index in [-0.39, 0.29) is 6.03 Å². The summed E-state index contributed by atoms with van der Waals surface area (Å²) in [6, 6.07) is 7.81. The highest BCUT2D eigenvalue weighted by Gasteiger charge is 2.19. The normalized spacial score (nSPS) is 21.2. The van der Waals surface area contributed by atoms with Gasteiger partial charge in [0.05, 0.1) is 13.2 Å². The maximum absolute atomic E-state index is 11.8. The van der Waals surface area contributed by atoms with Gasteiger partial charge in [-0.15, -0.1) is 0 Å². The lowest BCUT2D eigenvalue weighted by Gasteiger charge is -2.27. The van der Waals surface area contributed by atoms with Crippen LogP contribution in [0.25, 0.3) is 0 Å². The summed E-state index contributed by atoms with van der Waals surface area (Å²) in [4.78, 5) is 11.8. The number of hydrogen-bond donors (Lipinski definition) is 2. The molecule has 5 nitrogen and oxygen atoms in total. The van der Waals surface area contributed by atoms with Crippen LogP contribution >= 0.6 is 0 Å². The molecule has 1 aromatic rings. The summed E-state index contributed by atoms with van der Waals surface area (Å²) in [7, 11) is 1.65. The van der Waals surface area contributed by atoms with Crippen LogP contribution in [0, 0.1) is 5.92 Å². The summed E-state index contributed by atoms with van der Waals surface area (Å²) in [6.45, 7) is 4.23. The van der Waals surface area contributed by atoms with Gasteiger partial charge in [-0.05, 0) is 49.8 Å². The molecule has 0 bridgehead atoms. The van der Waals surface area contributed by atoms with E-state index in [4.69, 9.17) is 9.47 Å². The molecule has 2 N–H and O–H groups in total. The Labute approximate surface area is 132 Å². The lowest BCUT2D eigenvalue weighted by atomic mass is 9.96. The second kappa shape index (κ2) is 8.63. The van der Waals surface area contributed by atoms with Gasteiger partial charge in [0, 0.05) is 19.7 Å². The van der Waals surface area contributed by atoms with Gasteiger partial charge >= 0.3 is 6.03 Å². The van der Waals surface area contributed by atoms with Gasteiger partial charge < -0.3 is 20.1 Å². The molecule has 1 fully saturated rings. The number of amides is 2. The number of urea groups is 1. The molecule has 0 spiro atoms. The summed E-state index contributed by atoms with van der Waals surface area (Å²) in [5.41, 5.74) is 1.18. The van der Waals surface area contributed by atoms with Gasteiger partial charge in [-0.3, -0.25) is 0 Å². The van der Waals surface area contributed by atoms with Crippen LogP contribution in [0.1, 0.15) is 25.3 Å². The van der Waals surface area contributed by atoms with Crippen molar-refractivity contribution in [2.75, 3.05) is 26.8 Å². The van der Waals surface area contributed by atoms with Gasteiger partial charge in [-0.1, -0.05) is 12.1 Å². The number of hydrogen-bond acceptors (Lipinski definition) is 3. The second-order valence-corrected chi connectivity index (χ2v) is 5.81. The summed E-state index contributed by atoms with van der Waals surface area (Å²) in [6.07, 6.45) is 3.16. The molecular weight excluding hydrogens is 280 g/mol. The lowest BCUT2D eigenvalue weighted by molar-refractivity contribution is 0.00346. The Morgan fingerprint density at radius 2 is 2.09 bits per heavy atom. The Bertz CT molecular complexity index is 461. The molecule has 1 saturated heterocycles. The van der Waals surface area contributed by atoms with E-state index >= 15 is 0 Å². The number of carbonyl (C=O) groups is 1. The molecule has 1 aliphatic rings. The van der Waals surface area contributed by atoms with Crippen LogP contribution in [-0.2, 0) is 11.2 Å². The fourth-order valence-corrected chi connectivity index (χ4v) is 2.69. The zero-order chi connectivity index (χ0) is 15.8. The second-order valence-electron chi connectivity index (χ2n) is 5.81. The number of methoxy groups -OCH3 is 1. The Morgan fingerprint density at radius 1 is 1.32 bits per heavy atom. The molecule has 0 aliphatic carbocycles. The molecule has 2 unspecified atom stereocenters. The van der Waals surface area contributed by atoms with Crippen LogP contribution < -0.4 is 15.4 Å². The average molecular weight is 306 g/mol. The van der Waals surface area contributed by atoms with Crippen molar-refractivity contribution >= 4 is 6.03 Å². The van der Waals surface area contributed by atoms with Crippen molar-refractivity contribution in [1.29, 1.82) is 0 Å². The van der Waals surface area contributed by atoms with Crippen molar-refractivity contribution in [3.63, 3.8) is 0 Å². The first kappa shape index (κ1) is 16.6. The fourth-order valence-electron chi connectivity index (χ4n) is 2.69. The smallest absolute Gasteiger partial charge is 0.314 e. The molecule has 0 radical (unpaired) electrons. The minimum absolute atomic E-state index is 0.0901. The first-order valence-corrected chi connectivity index (χ1v) is 7.93. The standard InChI is InChI=1S/C17H26N2O3/c1-13-11-15(8-10-22-13)12-19-17(20)18-9-7-14-3-5-16(21-2)6-4-14/h3-6,13,15H,7-12H2,1-2H3,(H2,18,19,20). The monoisotopic (exact) mass is 306 g/mol. The minimum Gasteiger partial charge on any atom is -0.497 e. The summed E-state index contributed by atoms with van der Waals surface area (Å²) in [5.74, 6) is 1.37. The van der Waals surface area contributed by atoms with Crippen molar-refractivity contribution in [2.24, 2.45) is 5.92 Å². The summed E-state index contributed by atoms with van der Waals surface area (Å²) >= 11 is 0. The maximum atomic E-state index is 11.8. The summed E-state index contributed by atoms with van der Waals surface area (Å²) in [5, 5.41) is 5.85. The highest BCUT2D eigenvalue weighted by Crippen LogP contribution is 2.18. The number of benzene rings is 1. The molecule has 2 atom stereocenters. The van der Waals surface area contributed by atoms with Crippen LogP contribution in [0.4, 0.5) is 4.79 Å². The van der Waals surface area contributed by atoms with E-state index in [1.807, 2.05) is 24.3 Å². The molecule has 2 amide bonds. The average Bonchev–Trinajstić information content (AvgIpc) is 2.54. The van der Waals surface area contributed by atoms with Crippen molar-refractivity contribution in [2.45, 2.75) is 32.3 Å². The van der Waals surface area contributed by atoms with Gasteiger partial charge in [-0.25, -0.2) is 4.79 Å². The first-order chi connectivity index (χ1) is 10.7. The van der Waals surface area contributed by atoms with Crippen molar-refractivity contribution in [3.05, 3.63) is 29.8 Å². The minimum atomic E-state index is -0.0901. The maximum Gasteiger partial charge on any atom is 0.314 e. The van der Waals surface area contributed by atoms with Gasteiger partial charge in [0.25, 0.3) is 0 Å². The first-order valence-electron chi connectivity index (χ1n) is 7.93. The number of nitrogens with one attached hydrogen (secondary N) is 2. The number of ether oxygens (including phenoxy) is 2. The lowest BCUT2D eigenvalue weighted by Crippen LogP contribution is -2.40. The third kappa shape index (κ3) is 5.56. The molecule has 1 heterocycles. The highest BCUT2D eigenvalue weighted by atomic mass is 16.5. The molecule has 122 valence electrons. The van der Waals surface area contributed by atoms with Crippen molar-refractivity contribution in [3.8, 4) is 5.75 Å². The van der Waals surface area contributed by atoms with Gasteiger partial charge in [0.1, 0.15) is 5.75 Å². The van der Waals surface area contributed by atoms with Crippen LogP contribution in [0.3, 0.4) is 0 Å².